The second-order valence-electron chi connectivity index (χ2n) is 7.89. The van der Waals surface area contributed by atoms with E-state index in [4.69, 9.17) is 9.47 Å². The number of aromatic amines is 1. The van der Waals surface area contributed by atoms with Crippen LogP contribution in [0.25, 0.3) is 0 Å². The second-order valence-corrected chi connectivity index (χ2v) is 9.82. The smallest absolute Gasteiger partial charge is 0.355 e. The third-order valence-corrected chi connectivity index (χ3v) is 7.41. The maximum atomic E-state index is 13.7. The number of aryl methyl sites for hydroxylation is 1. The van der Waals surface area contributed by atoms with Gasteiger partial charge in [-0.2, -0.15) is 4.31 Å². The van der Waals surface area contributed by atoms with Crippen LogP contribution in [0.3, 0.4) is 0 Å². The first kappa shape index (κ1) is 24.5. The van der Waals surface area contributed by atoms with Crippen LogP contribution in [-0.2, 0) is 27.8 Å². The van der Waals surface area contributed by atoms with Crippen LogP contribution in [0, 0.1) is 20.8 Å². The molecule has 0 amide bonds. The predicted octanol–water partition coefficient (Wildman–Crippen LogP) is 4.52. The van der Waals surface area contributed by atoms with Gasteiger partial charge >= 0.3 is 5.97 Å². The van der Waals surface area contributed by atoms with Crippen molar-refractivity contribution in [1.82, 2.24) is 9.29 Å². The first-order chi connectivity index (χ1) is 15.7. The van der Waals surface area contributed by atoms with E-state index in [1.165, 1.54) is 4.31 Å². The molecule has 0 aliphatic heterocycles. The lowest BCUT2D eigenvalue weighted by Crippen LogP contribution is -2.30. The summed E-state index contributed by atoms with van der Waals surface area (Å²) in [6.45, 7) is 7.79. The summed E-state index contributed by atoms with van der Waals surface area (Å²) in [4.78, 5) is 15.7. The quantitative estimate of drug-likeness (QED) is 0.465. The average Bonchev–Trinajstić information content (AvgIpc) is 3.08. The Bertz CT molecular complexity index is 1230. The van der Waals surface area contributed by atoms with E-state index in [9.17, 15) is 13.2 Å². The number of hydrogen-bond donors (Lipinski definition) is 1. The Labute approximate surface area is 195 Å². The maximum absolute atomic E-state index is 13.7. The number of hydrogen-bond acceptors (Lipinski definition) is 5. The van der Waals surface area contributed by atoms with Crippen LogP contribution >= 0.6 is 0 Å². The van der Waals surface area contributed by atoms with Gasteiger partial charge in [0.15, 0.2) is 0 Å². The van der Waals surface area contributed by atoms with Crippen LogP contribution in [-0.4, -0.2) is 37.4 Å². The Morgan fingerprint density at radius 3 is 2.30 bits per heavy atom. The number of ether oxygens (including phenoxy) is 2. The molecule has 3 aromatic rings. The van der Waals surface area contributed by atoms with E-state index in [2.05, 4.69) is 4.98 Å². The van der Waals surface area contributed by atoms with E-state index in [0.717, 1.165) is 22.3 Å². The van der Waals surface area contributed by atoms with Crippen LogP contribution < -0.4 is 4.74 Å². The fourth-order valence-corrected chi connectivity index (χ4v) is 5.08. The van der Waals surface area contributed by atoms with E-state index < -0.39 is 16.0 Å². The molecule has 3 rings (SSSR count). The molecule has 176 valence electrons. The number of nitrogens with zero attached hydrogens (tertiary/aromatic N) is 1. The molecular weight excluding hydrogens is 440 g/mol. The molecule has 1 heterocycles. The fourth-order valence-electron chi connectivity index (χ4n) is 3.58. The highest BCUT2D eigenvalue weighted by molar-refractivity contribution is 7.89. The Kier molecular flexibility index (Phi) is 7.61. The molecule has 0 saturated heterocycles. The highest BCUT2D eigenvalue weighted by Crippen LogP contribution is 2.26. The van der Waals surface area contributed by atoms with Crippen molar-refractivity contribution in [1.29, 1.82) is 0 Å². The number of methoxy groups -OCH3 is 1. The highest BCUT2D eigenvalue weighted by Gasteiger charge is 2.28. The van der Waals surface area contributed by atoms with Gasteiger partial charge in [0.2, 0.25) is 10.0 Å². The van der Waals surface area contributed by atoms with Crippen molar-refractivity contribution in [3.63, 3.8) is 0 Å². The monoisotopic (exact) mass is 470 g/mol. The first-order valence-electron chi connectivity index (χ1n) is 10.7. The van der Waals surface area contributed by atoms with Crippen LogP contribution in [0.4, 0.5) is 0 Å². The minimum Gasteiger partial charge on any atom is -0.497 e. The zero-order chi connectivity index (χ0) is 24.2. The molecule has 0 aliphatic rings. The molecule has 0 saturated carbocycles. The first-order valence-corrected chi connectivity index (χ1v) is 12.2. The van der Waals surface area contributed by atoms with Gasteiger partial charge in [0.1, 0.15) is 11.4 Å². The SMILES string of the molecule is CCOC(=O)c1[nH]c(CN(Cc2ccc(OC)cc2)S(=O)(=O)c2cccc(C)c2)c(C)c1C. The van der Waals surface area contributed by atoms with Crippen molar-refractivity contribution >= 4 is 16.0 Å². The topological polar surface area (TPSA) is 88.7 Å². The van der Waals surface area contributed by atoms with Crippen LogP contribution in [0.1, 0.15) is 45.4 Å². The van der Waals surface area contributed by atoms with Crippen molar-refractivity contribution < 1.29 is 22.7 Å². The van der Waals surface area contributed by atoms with Crippen molar-refractivity contribution in [2.24, 2.45) is 0 Å². The number of sulfonamides is 1. The van der Waals surface area contributed by atoms with Gasteiger partial charge in [-0.3, -0.25) is 0 Å². The molecule has 0 spiro atoms. The van der Waals surface area contributed by atoms with E-state index in [1.54, 1.807) is 44.4 Å². The van der Waals surface area contributed by atoms with Gasteiger partial charge in [-0.15, -0.1) is 0 Å². The van der Waals surface area contributed by atoms with Gasteiger partial charge in [0.05, 0.1) is 25.2 Å². The van der Waals surface area contributed by atoms with E-state index in [0.29, 0.717) is 17.1 Å². The number of esters is 1. The molecule has 1 aromatic heterocycles. The van der Waals surface area contributed by atoms with Crippen molar-refractivity contribution in [3.05, 3.63) is 82.2 Å². The van der Waals surface area contributed by atoms with Crippen molar-refractivity contribution in [2.45, 2.75) is 45.7 Å². The zero-order valence-corrected chi connectivity index (χ0v) is 20.5. The minimum absolute atomic E-state index is 0.0778. The Balaban J connectivity index is 2.02. The lowest BCUT2D eigenvalue weighted by atomic mass is 10.1. The normalized spacial score (nSPS) is 11.6. The number of carbonyl (C=O) groups is 1. The number of nitrogens with one attached hydrogen (secondary N) is 1. The van der Waals surface area contributed by atoms with Gasteiger partial charge in [0, 0.05) is 12.2 Å². The molecule has 0 unspecified atom stereocenters. The molecule has 0 fully saturated rings. The average molecular weight is 471 g/mol. The third kappa shape index (κ3) is 5.46. The largest absolute Gasteiger partial charge is 0.497 e. The highest BCUT2D eigenvalue weighted by atomic mass is 32.2. The van der Waals surface area contributed by atoms with Gasteiger partial charge in [-0.05, 0) is 74.2 Å². The molecule has 33 heavy (non-hydrogen) atoms. The zero-order valence-electron chi connectivity index (χ0n) is 19.6. The second kappa shape index (κ2) is 10.2. The molecule has 7 nitrogen and oxygen atoms in total. The van der Waals surface area contributed by atoms with Crippen molar-refractivity contribution in [2.75, 3.05) is 13.7 Å². The minimum atomic E-state index is -3.82. The van der Waals surface area contributed by atoms with Crippen LogP contribution in [0.15, 0.2) is 53.4 Å². The molecule has 0 bridgehead atoms. The fraction of sp³-hybridized carbons (Fsp3) is 0.320. The molecule has 1 N–H and O–H groups in total. The van der Waals surface area contributed by atoms with Gasteiger partial charge in [-0.25, -0.2) is 13.2 Å². The Morgan fingerprint density at radius 1 is 1.00 bits per heavy atom. The van der Waals surface area contributed by atoms with E-state index >= 15 is 0 Å². The summed E-state index contributed by atoms with van der Waals surface area (Å²) in [5, 5.41) is 0. The molecule has 0 aliphatic carbocycles. The summed E-state index contributed by atoms with van der Waals surface area (Å²) in [6.07, 6.45) is 0. The van der Waals surface area contributed by atoms with Crippen molar-refractivity contribution in [3.8, 4) is 5.75 Å². The Morgan fingerprint density at radius 2 is 1.70 bits per heavy atom. The predicted molar refractivity (Wildman–Crippen MR) is 127 cm³/mol. The standard InChI is InChI=1S/C25H30N2O5S/c1-6-32-25(28)24-19(4)18(3)23(26-24)16-27(15-20-10-12-21(31-5)13-11-20)33(29,30)22-9-7-8-17(2)14-22/h7-14,26H,6,15-16H2,1-5H3. The number of aromatic nitrogens is 1. The number of carbonyl (C=O) groups excluding carboxylic acids is 1. The molecule has 0 radical (unpaired) electrons. The number of H-pyrrole nitrogens is 1. The third-order valence-electron chi connectivity index (χ3n) is 5.63. The molecule has 2 aromatic carbocycles. The summed E-state index contributed by atoms with van der Waals surface area (Å²) in [5.74, 6) is 0.245. The number of benzene rings is 2. The lowest BCUT2D eigenvalue weighted by molar-refractivity contribution is 0.0519. The van der Waals surface area contributed by atoms with Crippen LogP contribution in [0.2, 0.25) is 0 Å². The maximum Gasteiger partial charge on any atom is 0.355 e. The summed E-state index contributed by atoms with van der Waals surface area (Å²) in [7, 11) is -2.24. The van der Waals surface area contributed by atoms with E-state index in [-0.39, 0.29) is 24.6 Å². The van der Waals surface area contributed by atoms with Gasteiger partial charge in [-0.1, -0.05) is 24.3 Å². The molecular formula is C25H30N2O5S. The summed E-state index contributed by atoms with van der Waals surface area (Å²) < 4.78 is 39.1. The van der Waals surface area contributed by atoms with Crippen LogP contribution in [0.5, 0.6) is 5.75 Å². The summed E-state index contributed by atoms with van der Waals surface area (Å²) in [5.41, 5.74) is 4.26. The van der Waals surface area contributed by atoms with E-state index in [1.807, 2.05) is 39.0 Å². The molecule has 0 atom stereocenters. The Hall–Kier alpha value is -3.10. The van der Waals surface area contributed by atoms with Gasteiger partial charge in [0.25, 0.3) is 0 Å². The molecule has 8 heteroatoms. The summed E-state index contributed by atoms with van der Waals surface area (Å²) in [6, 6.07) is 14.1. The van der Waals surface area contributed by atoms with Gasteiger partial charge < -0.3 is 14.5 Å². The lowest BCUT2D eigenvalue weighted by Gasteiger charge is -2.23. The number of rotatable bonds is 9. The summed E-state index contributed by atoms with van der Waals surface area (Å²) >= 11 is 0.